The minimum Gasteiger partial charge on any atom is -0.467 e. The third-order valence-electron chi connectivity index (χ3n) is 4.61. The number of rotatable bonds is 4. The van der Waals surface area contributed by atoms with Crippen LogP contribution in [0.25, 0.3) is 0 Å². The molecule has 1 aromatic heterocycles. The molecule has 4 heteroatoms. The van der Waals surface area contributed by atoms with Crippen LogP contribution in [-0.4, -0.2) is 22.4 Å². The van der Waals surface area contributed by atoms with E-state index in [4.69, 9.17) is 10.2 Å². The molecule has 20 heavy (non-hydrogen) atoms. The first-order valence-corrected chi connectivity index (χ1v) is 7.71. The summed E-state index contributed by atoms with van der Waals surface area (Å²) in [6.45, 7) is 2.76. The first-order chi connectivity index (χ1) is 9.58. The van der Waals surface area contributed by atoms with Crippen molar-refractivity contribution in [1.29, 1.82) is 0 Å². The Labute approximate surface area is 120 Å². The molecule has 2 atom stereocenters. The minimum absolute atomic E-state index is 0.128. The number of hydrogen-bond acceptors (Lipinski definition) is 3. The van der Waals surface area contributed by atoms with Crippen LogP contribution in [-0.2, 0) is 11.3 Å². The van der Waals surface area contributed by atoms with Gasteiger partial charge in [-0.05, 0) is 43.7 Å². The van der Waals surface area contributed by atoms with Gasteiger partial charge in [-0.3, -0.25) is 4.79 Å². The van der Waals surface area contributed by atoms with Crippen LogP contribution < -0.4 is 5.73 Å². The van der Waals surface area contributed by atoms with Gasteiger partial charge in [-0.2, -0.15) is 0 Å². The minimum atomic E-state index is -0.660. The van der Waals surface area contributed by atoms with Gasteiger partial charge in [0.15, 0.2) is 0 Å². The fourth-order valence-corrected chi connectivity index (χ4v) is 3.40. The number of hydrogen-bond donors (Lipinski definition) is 1. The van der Waals surface area contributed by atoms with Crippen LogP contribution in [0, 0.1) is 5.92 Å². The van der Waals surface area contributed by atoms with Gasteiger partial charge < -0.3 is 15.1 Å². The summed E-state index contributed by atoms with van der Waals surface area (Å²) >= 11 is 0. The van der Waals surface area contributed by atoms with Gasteiger partial charge in [0, 0.05) is 6.04 Å². The molecular weight excluding hydrogens is 252 g/mol. The number of carbonyl (C=O) groups excluding carboxylic acids is 1. The molecule has 2 N–H and O–H groups in total. The van der Waals surface area contributed by atoms with Crippen molar-refractivity contribution in [3.05, 3.63) is 24.2 Å². The molecule has 1 aromatic rings. The summed E-state index contributed by atoms with van der Waals surface area (Å²) in [5.74, 6) is 1.52. The molecule has 0 bridgehead atoms. The average molecular weight is 276 g/mol. The fourth-order valence-electron chi connectivity index (χ4n) is 3.40. The summed E-state index contributed by atoms with van der Waals surface area (Å²) < 4.78 is 5.40. The Bertz CT molecular complexity index is 467. The van der Waals surface area contributed by atoms with E-state index in [2.05, 4.69) is 6.92 Å². The molecule has 0 aromatic carbocycles. The summed E-state index contributed by atoms with van der Waals surface area (Å²) in [7, 11) is 0. The van der Waals surface area contributed by atoms with Crippen molar-refractivity contribution in [3.8, 4) is 0 Å². The number of nitrogens with two attached hydrogens (primary N) is 1. The monoisotopic (exact) mass is 276 g/mol. The summed E-state index contributed by atoms with van der Waals surface area (Å²) in [5.41, 5.74) is 5.81. The second-order valence-electron chi connectivity index (χ2n) is 6.60. The average Bonchev–Trinajstić information content (AvgIpc) is 3.12. The lowest BCUT2D eigenvalue weighted by atomic mass is 9.76. The Morgan fingerprint density at radius 2 is 2.30 bits per heavy atom. The molecule has 1 heterocycles. The lowest BCUT2D eigenvalue weighted by Gasteiger charge is -2.39. The van der Waals surface area contributed by atoms with Crippen LogP contribution in [0.3, 0.4) is 0 Å². The first-order valence-electron chi connectivity index (χ1n) is 7.71. The number of amides is 1. The van der Waals surface area contributed by atoms with E-state index in [1.54, 1.807) is 6.26 Å². The molecule has 0 saturated heterocycles. The Balaban J connectivity index is 1.75. The zero-order valence-electron chi connectivity index (χ0n) is 12.2. The Kier molecular flexibility index (Phi) is 3.59. The molecule has 0 radical (unpaired) electrons. The lowest BCUT2D eigenvalue weighted by Crippen LogP contribution is -2.57. The largest absolute Gasteiger partial charge is 0.467 e. The smallest absolute Gasteiger partial charge is 0.243 e. The van der Waals surface area contributed by atoms with Gasteiger partial charge >= 0.3 is 0 Å². The Morgan fingerprint density at radius 3 is 2.90 bits per heavy atom. The van der Waals surface area contributed by atoms with E-state index in [0.717, 1.165) is 37.9 Å². The molecule has 2 unspecified atom stereocenters. The summed E-state index contributed by atoms with van der Waals surface area (Å²) in [6, 6.07) is 4.16. The molecule has 0 aliphatic heterocycles. The lowest BCUT2D eigenvalue weighted by molar-refractivity contribution is -0.140. The Morgan fingerprint density at radius 1 is 1.50 bits per heavy atom. The third-order valence-corrected chi connectivity index (χ3v) is 4.61. The number of carbonyl (C=O) groups is 1. The molecule has 3 rings (SSSR count). The van der Waals surface area contributed by atoms with Gasteiger partial charge in [0.2, 0.25) is 5.91 Å². The zero-order valence-corrected chi connectivity index (χ0v) is 12.2. The molecule has 0 spiro atoms. The van der Waals surface area contributed by atoms with Gasteiger partial charge in [-0.15, -0.1) is 0 Å². The van der Waals surface area contributed by atoms with Crippen molar-refractivity contribution in [1.82, 2.24) is 4.90 Å². The van der Waals surface area contributed by atoms with Crippen molar-refractivity contribution in [2.24, 2.45) is 11.7 Å². The normalized spacial score (nSPS) is 30.2. The molecule has 110 valence electrons. The van der Waals surface area contributed by atoms with Crippen LogP contribution in [0.5, 0.6) is 0 Å². The maximum absolute atomic E-state index is 12.9. The standard InChI is InChI=1S/C16H24N2O2/c1-12-4-2-8-16(17,10-12)15(19)18(13-6-7-13)11-14-5-3-9-20-14/h3,5,9,12-13H,2,4,6-8,10-11,17H2,1H3. The maximum atomic E-state index is 12.9. The highest BCUT2D eigenvalue weighted by Crippen LogP contribution is 2.36. The highest BCUT2D eigenvalue weighted by atomic mass is 16.3. The van der Waals surface area contributed by atoms with E-state index < -0.39 is 5.54 Å². The van der Waals surface area contributed by atoms with E-state index in [9.17, 15) is 4.79 Å². The van der Waals surface area contributed by atoms with Gasteiger partial charge in [-0.25, -0.2) is 0 Å². The van der Waals surface area contributed by atoms with Crippen LogP contribution in [0.15, 0.2) is 22.8 Å². The topological polar surface area (TPSA) is 59.5 Å². The highest BCUT2D eigenvalue weighted by molar-refractivity contribution is 5.86. The molecule has 2 fully saturated rings. The van der Waals surface area contributed by atoms with Gasteiger partial charge in [0.1, 0.15) is 5.76 Å². The van der Waals surface area contributed by atoms with Crippen molar-refractivity contribution in [2.75, 3.05) is 0 Å². The van der Waals surface area contributed by atoms with Crippen LogP contribution in [0.2, 0.25) is 0 Å². The van der Waals surface area contributed by atoms with E-state index >= 15 is 0 Å². The van der Waals surface area contributed by atoms with E-state index in [1.165, 1.54) is 6.42 Å². The van der Waals surface area contributed by atoms with E-state index in [1.807, 2.05) is 17.0 Å². The van der Waals surface area contributed by atoms with Crippen LogP contribution >= 0.6 is 0 Å². The summed E-state index contributed by atoms with van der Waals surface area (Å²) in [6.07, 6.45) is 7.73. The fraction of sp³-hybridized carbons (Fsp3) is 0.688. The molecule has 2 aliphatic carbocycles. The first kappa shape index (κ1) is 13.7. The molecule has 2 aliphatic rings. The second-order valence-corrected chi connectivity index (χ2v) is 6.60. The van der Waals surface area contributed by atoms with Gasteiger partial charge in [0.25, 0.3) is 0 Å². The van der Waals surface area contributed by atoms with Crippen LogP contribution in [0.1, 0.15) is 51.2 Å². The molecule has 4 nitrogen and oxygen atoms in total. The number of nitrogens with zero attached hydrogens (tertiary/aromatic N) is 1. The molecular formula is C16H24N2O2. The van der Waals surface area contributed by atoms with Crippen molar-refractivity contribution < 1.29 is 9.21 Å². The predicted molar refractivity (Wildman–Crippen MR) is 76.8 cm³/mol. The van der Waals surface area contributed by atoms with Crippen molar-refractivity contribution in [2.45, 2.75) is 63.6 Å². The van der Waals surface area contributed by atoms with Gasteiger partial charge in [0.05, 0.1) is 18.3 Å². The van der Waals surface area contributed by atoms with Crippen LogP contribution in [0.4, 0.5) is 0 Å². The summed E-state index contributed by atoms with van der Waals surface area (Å²) in [5, 5.41) is 0. The predicted octanol–water partition coefficient (Wildman–Crippen LogP) is 2.68. The summed E-state index contributed by atoms with van der Waals surface area (Å²) in [4.78, 5) is 14.9. The SMILES string of the molecule is CC1CCCC(N)(C(=O)N(Cc2ccco2)C2CC2)C1. The highest BCUT2D eigenvalue weighted by Gasteiger charge is 2.44. The van der Waals surface area contributed by atoms with Crippen molar-refractivity contribution >= 4 is 5.91 Å². The van der Waals surface area contributed by atoms with Gasteiger partial charge in [-0.1, -0.05) is 19.8 Å². The second kappa shape index (κ2) is 5.24. The maximum Gasteiger partial charge on any atom is 0.243 e. The molecule has 2 saturated carbocycles. The quantitative estimate of drug-likeness (QED) is 0.919. The van der Waals surface area contributed by atoms with Crippen molar-refractivity contribution in [3.63, 3.8) is 0 Å². The van der Waals surface area contributed by atoms with E-state index in [0.29, 0.717) is 18.5 Å². The number of furan rings is 1. The third kappa shape index (κ3) is 2.75. The Hall–Kier alpha value is -1.29. The molecule has 1 amide bonds. The van der Waals surface area contributed by atoms with E-state index in [-0.39, 0.29) is 5.91 Å². The zero-order chi connectivity index (χ0) is 14.2.